The first-order chi connectivity index (χ1) is 13.6. The van der Waals surface area contributed by atoms with Crippen LogP contribution in [0.25, 0.3) is 0 Å². The average Bonchev–Trinajstić information content (AvgIpc) is 2.65. The van der Waals surface area contributed by atoms with E-state index in [1.54, 1.807) is 0 Å². The molecule has 2 N–H and O–H groups in total. The monoisotopic (exact) mass is 424 g/mol. The van der Waals surface area contributed by atoms with E-state index < -0.39 is 28.9 Å². The predicted molar refractivity (Wildman–Crippen MR) is 90.9 cm³/mol. The van der Waals surface area contributed by atoms with Crippen molar-refractivity contribution in [2.24, 2.45) is 0 Å². The van der Waals surface area contributed by atoms with Gasteiger partial charge in [0.05, 0.1) is 13.2 Å². The molecule has 0 unspecified atom stereocenters. The summed E-state index contributed by atoms with van der Waals surface area (Å²) in [7, 11) is 0. The molecule has 0 spiro atoms. The number of benzene rings is 2. The molecule has 0 radical (unpaired) electrons. The van der Waals surface area contributed by atoms with Gasteiger partial charge in [-0.2, -0.15) is 26.3 Å². The molecule has 29 heavy (non-hydrogen) atoms. The fourth-order valence-electron chi connectivity index (χ4n) is 2.91. The summed E-state index contributed by atoms with van der Waals surface area (Å²) in [5.74, 6) is 0.0441. The molecule has 0 amide bonds. The summed E-state index contributed by atoms with van der Waals surface area (Å²) in [6.45, 7) is -1.03. The summed E-state index contributed by atoms with van der Waals surface area (Å²) in [5.41, 5.74) is -6.33. The molecular weight excluding hydrogens is 406 g/mol. The molecule has 0 saturated heterocycles. The van der Waals surface area contributed by atoms with Gasteiger partial charge in [0.25, 0.3) is 0 Å². The molecule has 0 heterocycles. The van der Waals surface area contributed by atoms with Gasteiger partial charge in [-0.15, -0.1) is 0 Å². The van der Waals surface area contributed by atoms with Gasteiger partial charge in [0, 0.05) is 0 Å². The summed E-state index contributed by atoms with van der Waals surface area (Å²) in [6, 6.07) is 6.72. The van der Waals surface area contributed by atoms with Gasteiger partial charge in [-0.25, -0.2) is 0 Å². The molecule has 0 saturated carbocycles. The van der Waals surface area contributed by atoms with E-state index in [1.807, 2.05) is 0 Å². The van der Waals surface area contributed by atoms with E-state index in [9.17, 15) is 26.3 Å². The highest BCUT2D eigenvalue weighted by Gasteiger charge is 2.72. The van der Waals surface area contributed by atoms with Crippen LogP contribution >= 0.6 is 0 Å². The Bertz CT molecular complexity index is 702. The third-order valence-electron chi connectivity index (χ3n) is 4.15. The van der Waals surface area contributed by atoms with Crippen LogP contribution in [0.1, 0.15) is 11.1 Å². The number of aliphatic hydroxyl groups excluding tert-OH is 2. The smallest absolute Gasteiger partial charge is 0.411 e. The van der Waals surface area contributed by atoms with Crippen molar-refractivity contribution < 1.29 is 46.0 Å². The van der Waals surface area contributed by atoms with Gasteiger partial charge in [-0.1, -0.05) is 24.3 Å². The molecular formula is C19H18F6O4. The minimum Gasteiger partial charge on any atom is -0.491 e. The van der Waals surface area contributed by atoms with Crippen molar-refractivity contribution in [3.8, 4) is 11.5 Å². The fraction of sp³-hybridized carbons (Fsp3) is 0.368. The molecule has 0 aliphatic carbocycles. The van der Waals surface area contributed by atoms with Crippen LogP contribution in [-0.2, 0) is 5.41 Å². The molecule has 0 atom stereocenters. The molecule has 2 aromatic rings. The maximum absolute atomic E-state index is 14.0. The summed E-state index contributed by atoms with van der Waals surface area (Å²) in [4.78, 5) is 0. The van der Waals surface area contributed by atoms with Gasteiger partial charge in [-0.3, -0.25) is 0 Å². The van der Waals surface area contributed by atoms with E-state index in [0.717, 1.165) is 24.3 Å². The van der Waals surface area contributed by atoms with Gasteiger partial charge < -0.3 is 19.7 Å². The van der Waals surface area contributed by atoms with Crippen molar-refractivity contribution in [3.05, 3.63) is 59.7 Å². The first-order valence-corrected chi connectivity index (χ1v) is 8.39. The second kappa shape index (κ2) is 8.91. The molecule has 160 valence electrons. The SMILES string of the molecule is OCCOc1ccc(C(c2ccc(OCCO)cc2)(C(F)(F)F)C(F)(F)F)cc1. The van der Waals surface area contributed by atoms with Crippen LogP contribution in [0.4, 0.5) is 26.3 Å². The Labute approximate surface area is 162 Å². The number of halogens is 6. The lowest BCUT2D eigenvalue weighted by atomic mass is 9.73. The van der Waals surface area contributed by atoms with Gasteiger partial charge >= 0.3 is 12.4 Å². The first kappa shape index (κ1) is 22.8. The van der Waals surface area contributed by atoms with Crippen LogP contribution in [-0.4, -0.2) is 49.0 Å². The van der Waals surface area contributed by atoms with Gasteiger partial charge in [0.1, 0.15) is 24.7 Å². The first-order valence-electron chi connectivity index (χ1n) is 8.39. The number of hydrogen-bond acceptors (Lipinski definition) is 4. The highest BCUT2D eigenvalue weighted by atomic mass is 19.4. The van der Waals surface area contributed by atoms with Crippen LogP contribution in [0.2, 0.25) is 0 Å². The van der Waals surface area contributed by atoms with E-state index in [0.29, 0.717) is 24.3 Å². The molecule has 0 bridgehead atoms. The van der Waals surface area contributed by atoms with Crippen molar-refractivity contribution in [3.63, 3.8) is 0 Å². The van der Waals surface area contributed by atoms with Crippen LogP contribution in [0.5, 0.6) is 11.5 Å². The van der Waals surface area contributed by atoms with Crippen LogP contribution in [0.3, 0.4) is 0 Å². The second-order valence-corrected chi connectivity index (χ2v) is 5.94. The molecule has 0 aromatic heterocycles. The number of aliphatic hydroxyl groups is 2. The highest BCUT2D eigenvalue weighted by Crippen LogP contribution is 2.56. The zero-order valence-corrected chi connectivity index (χ0v) is 14.9. The van der Waals surface area contributed by atoms with Gasteiger partial charge in [-0.05, 0) is 35.4 Å². The molecule has 2 aromatic carbocycles. The topological polar surface area (TPSA) is 58.9 Å². The Morgan fingerprint density at radius 1 is 0.586 bits per heavy atom. The zero-order valence-electron chi connectivity index (χ0n) is 14.9. The number of hydrogen-bond donors (Lipinski definition) is 2. The summed E-state index contributed by atoms with van der Waals surface area (Å²) < 4.78 is 94.0. The standard InChI is InChI=1S/C19H18F6O4/c20-18(21,22)17(19(23,24)25,13-1-5-15(6-2-13)28-11-9-26)14-3-7-16(8-4-14)29-12-10-27/h1-8,26-27H,9-12H2. The zero-order chi connectivity index (χ0) is 21.7. The number of rotatable bonds is 8. The van der Waals surface area contributed by atoms with Gasteiger partial charge in [0.15, 0.2) is 0 Å². The van der Waals surface area contributed by atoms with Crippen molar-refractivity contribution in [2.75, 3.05) is 26.4 Å². The van der Waals surface area contributed by atoms with E-state index in [1.165, 1.54) is 0 Å². The minimum absolute atomic E-state index is 0.0220. The van der Waals surface area contributed by atoms with Crippen LogP contribution in [0, 0.1) is 0 Å². The van der Waals surface area contributed by atoms with E-state index in [4.69, 9.17) is 19.7 Å². The van der Waals surface area contributed by atoms with Crippen molar-refractivity contribution in [1.29, 1.82) is 0 Å². The van der Waals surface area contributed by atoms with E-state index in [2.05, 4.69) is 0 Å². The highest BCUT2D eigenvalue weighted by molar-refractivity contribution is 5.47. The quantitative estimate of drug-likeness (QED) is 0.633. The molecule has 2 rings (SSSR count). The molecule has 0 fully saturated rings. The maximum atomic E-state index is 14.0. The fourth-order valence-corrected chi connectivity index (χ4v) is 2.91. The van der Waals surface area contributed by atoms with Crippen LogP contribution < -0.4 is 9.47 Å². The molecule has 10 heteroatoms. The Kier molecular flexibility index (Phi) is 7.02. The molecule has 0 aliphatic rings. The predicted octanol–water partition coefficient (Wildman–Crippen LogP) is 3.84. The molecule has 4 nitrogen and oxygen atoms in total. The Hall–Kier alpha value is -2.46. The van der Waals surface area contributed by atoms with Crippen molar-refractivity contribution >= 4 is 0 Å². The normalized spacial score (nSPS) is 12.7. The Morgan fingerprint density at radius 3 is 1.14 bits per heavy atom. The summed E-state index contributed by atoms with van der Waals surface area (Å²) in [5, 5.41) is 17.4. The van der Waals surface area contributed by atoms with Gasteiger partial charge in [0.2, 0.25) is 5.41 Å². The number of ether oxygens (including phenoxy) is 2. The Morgan fingerprint density at radius 2 is 0.897 bits per heavy atom. The Balaban J connectivity index is 2.60. The maximum Gasteiger partial charge on any atom is 0.411 e. The lowest BCUT2D eigenvalue weighted by Gasteiger charge is -2.38. The number of alkyl halides is 6. The average molecular weight is 424 g/mol. The lowest BCUT2D eigenvalue weighted by molar-refractivity contribution is -0.288. The van der Waals surface area contributed by atoms with E-state index in [-0.39, 0.29) is 37.9 Å². The van der Waals surface area contributed by atoms with Crippen molar-refractivity contribution in [1.82, 2.24) is 0 Å². The summed E-state index contributed by atoms with van der Waals surface area (Å²) in [6.07, 6.45) is -11.4. The van der Waals surface area contributed by atoms with E-state index >= 15 is 0 Å². The molecule has 0 aliphatic heterocycles. The largest absolute Gasteiger partial charge is 0.491 e. The second-order valence-electron chi connectivity index (χ2n) is 5.94. The van der Waals surface area contributed by atoms with Crippen molar-refractivity contribution in [2.45, 2.75) is 17.8 Å². The third-order valence-corrected chi connectivity index (χ3v) is 4.15. The third kappa shape index (κ3) is 4.59. The summed E-state index contributed by atoms with van der Waals surface area (Å²) >= 11 is 0. The minimum atomic E-state index is -5.70. The van der Waals surface area contributed by atoms with Crippen LogP contribution in [0.15, 0.2) is 48.5 Å². The lowest BCUT2D eigenvalue weighted by Crippen LogP contribution is -2.54.